The third-order valence-corrected chi connectivity index (χ3v) is 3.80. The smallest absolute Gasteiger partial charge is 0.116 e. The largest absolute Gasteiger partial charge is 0.396 e. The van der Waals surface area contributed by atoms with Crippen LogP contribution in [0.1, 0.15) is 5.56 Å². The van der Waals surface area contributed by atoms with Crippen molar-refractivity contribution in [3.05, 3.63) is 70.8 Å². The molecule has 2 N–H and O–H groups in total. The fraction of sp³-hybridized carbons (Fsp3) is 0.0625. The SMILES string of the molecule is Nc1cn(Cc2ccccc2)nc1-c1ccccc1Br. The first-order valence-corrected chi connectivity index (χ1v) is 7.15. The lowest BCUT2D eigenvalue weighted by Crippen LogP contribution is -2.00. The summed E-state index contributed by atoms with van der Waals surface area (Å²) in [6.45, 7) is 0.718. The first kappa shape index (κ1) is 12.9. The fourth-order valence-corrected chi connectivity index (χ4v) is 2.62. The van der Waals surface area contributed by atoms with Gasteiger partial charge in [0.2, 0.25) is 0 Å². The zero-order valence-corrected chi connectivity index (χ0v) is 12.4. The molecule has 0 amide bonds. The summed E-state index contributed by atoms with van der Waals surface area (Å²) in [4.78, 5) is 0. The fourth-order valence-electron chi connectivity index (χ4n) is 2.15. The third kappa shape index (κ3) is 2.60. The van der Waals surface area contributed by atoms with E-state index >= 15 is 0 Å². The lowest BCUT2D eigenvalue weighted by molar-refractivity contribution is 0.689. The highest BCUT2D eigenvalue weighted by atomic mass is 79.9. The van der Waals surface area contributed by atoms with Crippen LogP contribution in [-0.4, -0.2) is 9.78 Å². The van der Waals surface area contributed by atoms with Crippen molar-refractivity contribution in [2.24, 2.45) is 0 Å². The van der Waals surface area contributed by atoms with Crippen molar-refractivity contribution in [3.8, 4) is 11.3 Å². The van der Waals surface area contributed by atoms with Gasteiger partial charge in [0.05, 0.1) is 12.2 Å². The molecule has 20 heavy (non-hydrogen) atoms. The number of hydrogen-bond acceptors (Lipinski definition) is 2. The Labute approximate surface area is 126 Å². The molecule has 0 unspecified atom stereocenters. The Morgan fingerprint density at radius 1 is 1.00 bits per heavy atom. The Morgan fingerprint density at radius 3 is 2.45 bits per heavy atom. The van der Waals surface area contributed by atoms with E-state index in [4.69, 9.17) is 5.73 Å². The second-order valence-electron chi connectivity index (χ2n) is 4.60. The Balaban J connectivity index is 1.94. The van der Waals surface area contributed by atoms with E-state index in [1.54, 1.807) is 0 Å². The first-order chi connectivity index (χ1) is 9.74. The van der Waals surface area contributed by atoms with E-state index in [0.717, 1.165) is 22.3 Å². The molecular formula is C16H14BrN3. The molecule has 2 aromatic carbocycles. The molecule has 0 aliphatic rings. The quantitative estimate of drug-likeness (QED) is 0.791. The summed E-state index contributed by atoms with van der Waals surface area (Å²) in [5, 5.41) is 4.60. The minimum absolute atomic E-state index is 0.688. The van der Waals surface area contributed by atoms with Gasteiger partial charge in [-0.2, -0.15) is 5.10 Å². The molecule has 0 saturated heterocycles. The highest BCUT2D eigenvalue weighted by Gasteiger charge is 2.11. The molecule has 0 fully saturated rings. The second-order valence-corrected chi connectivity index (χ2v) is 5.45. The lowest BCUT2D eigenvalue weighted by atomic mass is 10.1. The van der Waals surface area contributed by atoms with E-state index in [0.29, 0.717) is 5.69 Å². The van der Waals surface area contributed by atoms with Crippen LogP contribution in [0.5, 0.6) is 0 Å². The first-order valence-electron chi connectivity index (χ1n) is 6.36. The number of hydrogen-bond donors (Lipinski definition) is 1. The van der Waals surface area contributed by atoms with Gasteiger partial charge in [-0.25, -0.2) is 0 Å². The topological polar surface area (TPSA) is 43.8 Å². The van der Waals surface area contributed by atoms with Crippen LogP contribution in [-0.2, 0) is 6.54 Å². The Morgan fingerprint density at radius 2 is 1.70 bits per heavy atom. The summed E-state index contributed by atoms with van der Waals surface area (Å²) >= 11 is 3.54. The second kappa shape index (κ2) is 5.51. The number of nitrogen functional groups attached to an aromatic ring is 1. The van der Waals surface area contributed by atoms with Gasteiger partial charge in [0.15, 0.2) is 0 Å². The van der Waals surface area contributed by atoms with Gasteiger partial charge in [-0.15, -0.1) is 0 Å². The van der Waals surface area contributed by atoms with Crippen LogP contribution < -0.4 is 5.73 Å². The molecule has 0 aliphatic heterocycles. The predicted molar refractivity (Wildman–Crippen MR) is 85.3 cm³/mol. The molecule has 3 nitrogen and oxygen atoms in total. The molecule has 0 spiro atoms. The van der Waals surface area contributed by atoms with E-state index < -0.39 is 0 Å². The molecule has 0 radical (unpaired) electrons. The summed E-state index contributed by atoms with van der Waals surface area (Å²) in [6.07, 6.45) is 1.88. The van der Waals surface area contributed by atoms with Crippen molar-refractivity contribution >= 4 is 21.6 Å². The zero-order chi connectivity index (χ0) is 13.9. The number of halogens is 1. The van der Waals surface area contributed by atoms with Crippen molar-refractivity contribution in [1.29, 1.82) is 0 Å². The maximum atomic E-state index is 6.09. The number of anilines is 1. The molecular weight excluding hydrogens is 314 g/mol. The number of rotatable bonds is 3. The average molecular weight is 328 g/mol. The van der Waals surface area contributed by atoms with Gasteiger partial charge in [0.1, 0.15) is 5.69 Å². The number of benzene rings is 2. The molecule has 1 heterocycles. The van der Waals surface area contributed by atoms with Gasteiger partial charge in [-0.3, -0.25) is 4.68 Å². The molecule has 0 saturated carbocycles. The predicted octanol–water partition coefficient (Wildman–Crippen LogP) is 3.94. The monoisotopic (exact) mass is 327 g/mol. The highest BCUT2D eigenvalue weighted by molar-refractivity contribution is 9.10. The molecule has 4 heteroatoms. The minimum Gasteiger partial charge on any atom is -0.396 e. The van der Waals surface area contributed by atoms with Crippen molar-refractivity contribution in [1.82, 2.24) is 9.78 Å². The molecule has 3 rings (SSSR count). The summed E-state index contributed by atoms with van der Waals surface area (Å²) in [7, 11) is 0. The molecule has 0 atom stereocenters. The molecule has 3 aromatic rings. The number of nitrogens with zero attached hydrogens (tertiary/aromatic N) is 2. The minimum atomic E-state index is 0.688. The zero-order valence-electron chi connectivity index (χ0n) is 10.8. The van der Waals surface area contributed by atoms with Crippen LogP contribution in [0, 0.1) is 0 Å². The van der Waals surface area contributed by atoms with Crippen LogP contribution in [0.2, 0.25) is 0 Å². The Hall–Kier alpha value is -2.07. The molecule has 1 aromatic heterocycles. The van der Waals surface area contributed by atoms with Crippen molar-refractivity contribution in [2.75, 3.05) is 5.73 Å². The normalized spacial score (nSPS) is 10.7. The van der Waals surface area contributed by atoms with Gasteiger partial charge in [0, 0.05) is 16.2 Å². The van der Waals surface area contributed by atoms with Crippen LogP contribution >= 0.6 is 15.9 Å². The van der Waals surface area contributed by atoms with Gasteiger partial charge in [0.25, 0.3) is 0 Å². The van der Waals surface area contributed by atoms with Gasteiger partial charge < -0.3 is 5.73 Å². The summed E-state index contributed by atoms with van der Waals surface area (Å²) in [5.74, 6) is 0. The van der Waals surface area contributed by atoms with Crippen molar-refractivity contribution < 1.29 is 0 Å². The van der Waals surface area contributed by atoms with Crippen LogP contribution in [0.25, 0.3) is 11.3 Å². The van der Waals surface area contributed by atoms with Gasteiger partial charge >= 0.3 is 0 Å². The van der Waals surface area contributed by atoms with E-state index in [1.165, 1.54) is 5.56 Å². The Kier molecular flexibility index (Phi) is 3.56. The van der Waals surface area contributed by atoms with Crippen molar-refractivity contribution in [2.45, 2.75) is 6.54 Å². The lowest BCUT2D eigenvalue weighted by Gasteiger charge is -2.02. The molecule has 0 aliphatic carbocycles. The maximum Gasteiger partial charge on any atom is 0.116 e. The average Bonchev–Trinajstić information content (AvgIpc) is 2.81. The van der Waals surface area contributed by atoms with Crippen molar-refractivity contribution in [3.63, 3.8) is 0 Å². The summed E-state index contributed by atoms with van der Waals surface area (Å²) in [5.41, 5.74) is 9.81. The molecule has 0 bridgehead atoms. The van der Waals surface area contributed by atoms with E-state index in [9.17, 15) is 0 Å². The standard InChI is InChI=1S/C16H14BrN3/c17-14-9-5-4-8-13(14)16-15(18)11-20(19-16)10-12-6-2-1-3-7-12/h1-9,11H,10,18H2. The number of aromatic nitrogens is 2. The number of nitrogens with two attached hydrogens (primary N) is 1. The van der Waals surface area contributed by atoms with Crippen LogP contribution in [0.4, 0.5) is 5.69 Å². The Bertz CT molecular complexity index is 720. The maximum absolute atomic E-state index is 6.09. The van der Waals surface area contributed by atoms with Gasteiger partial charge in [-0.05, 0) is 11.6 Å². The molecule has 100 valence electrons. The summed E-state index contributed by atoms with van der Waals surface area (Å²) < 4.78 is 2.87. The third-order valence-electron chi connectivity index (χ3n) is 3.11. The van der Waals surface area contributed by atoms with E-state index in [2.05, 4.69) is 33.2 Å². The highest BCUT2D eigenvalue weighted by Crippen LogP contribution is 2.30. The van der Waals surface area contributed by atoms with Crippen LogP contribution in [0.15, 0.2) is 65.3 Å². The van der Waals surface area contributed by atoms with E-state index in [1.807, 2.05) is 53.3 Å². The summed E-state index contributed by atoms with van der Waals surface area (Å²) in [6, 6.07) is 18.2. The van der Waals surface area contributed by atoms with Crippen LogP contribution in [0.3, 0.4) is 0 Å². The van der Waals surface area contributed by atoms with Gasteiger partial charge in [-0.1, -0.05) is 64.5 Å². The van der Waals surface area contributed by atoms with E-state index in [-0.39, 0.29) is 0 Å².